The lowest BCUT2D eigenvalue weighted by Gasteiger charge is -2.24. The zero-order chi connectivity index (χ0) is 30.4. The van der Waals surface area contributed by atoms with Crippen molar-refractivity contribution in [2.24, 2.45) is 11.8 Å². The fourth-order valence-corrected chi connectivity index (χ4v) is 5.89. The number of nitrogens with zero attached hydrogens (tertiary/aromatic N) is 4. The monoisotopic (exact) mass is 591 g/mol. The highest BCUT2D eigenvalue weighted by Gasteiger charge is 2.44. The Labute approximate surface area is 255 Å². The lowest BCUT2D eigenvalue weighted by atomic mass is 9.99. The van der Waals surface area contributed by atoms with Crippen molar-refractivity contribution in [1.29, 1.82) is 10.5 Å². The van der Waals surface area contributed by atoms with Gasteiger partial charge in [-0.05, 0) is 54.7 Å². The van der Waals surface area contributed by atoms with E-state index in [1.54, 1.807) is 18.2 Å². The summed E-state index contributed by atoms with van der Waals surface area (Å²) in [6.07, 6.45) is 6.22. The minimum absolute atomic E-state index is 0.0793. The van der Waals surface area contributed by atoms with Gasteiger partial charge in [0, 0.05) is 35.4 Å². The highest BCUT2D eigenvalue weighted by Crippen LogP contribution is 2.49. The number of rotatable bonds is 9. The topological polar surface area (TPSA) is 112 Å². The van der Waals surface area contributed by atoms with Crippen molar-refractivity contribution in [3.8, 4) is 12.1 Å². The molecule has 43 heavy (non-hydrogen) atoms. The van der Waals surface area contributed by atoms with Crippen LogP contribution < -0.4 is 21.6 Å². The highest BCUT2D eigenvalue weighted by atomic mass is 35.5. The van der Waals surface area contributed by atoms with E-state index in [2.05, 4.69) is 38.7 Å². The molecule has 2 heterocycles. The molecule has 3 aromatic carbocycles. The van der Waals surface area contributed by atoms with E-state index in [1.807, 2.05) is 47.6 Å². The molecule has 4 atom stereocenters. The molecule has 3 aliphatic rings. The molecule has 7 rings (SSSR count). The van der Waals surface area contributed by atoms with Crippen LogP contribution in [-0.4, -0.2) is 16.0 Å². The maximum absolute atomic E-state index is 13.9. The zero-order valence-electron chi connectivity index (χ0n) is 24.0. The van der Waals surface area contributed by atoms with Crippen LogP contribution in [0, 0.1) is 40.3 Å². The number of nitriles is 2. The molecule has 2 saturated carbocycles. The summed E-state index contributed by atoms with van der Waals surface area (Å²) in [5.41, 5.74) is 10.2. The molecule has 214 valence electrons. The molecule has 4 N–H and O–H groups in total. The standard InChI is InChI=1S/C33H28ClFN8/c34-28-14-24(39-32(20-6-8-23(35)9-7-20)29-18-43(42-41-29)25-10-11-25)13-27-31(22(16-37)17-38-33(27)28)40-30(26-12-21(26)15-36)19-4-2-1-3-5-19/h1-9,13-14,17-18,21,25-26,30,32,39,41-42H,10-12H2,(H,38,40)/t21-,26+,30+,32-/m1/s1/i32D. The molecule has 0 saturated heterocycles. The first-order valence-corrected chi connectivity index (χ1v) is 14.6. The van der Waals surface area contributed by atoms with E-state index in [0.717, 1.165) is 24.8 Å². The number of aromatic nitrogens is 1. The first-order chi connectivity index (χ1) is 21.4. The number of pyridine rings is 1. The predicted molar refractivity (Wildman–Crippen MR) is 163 cm³/mol. The Morgan fingerprint density at radius 2 is 1.86 bits per heavy atom. The van der Waals surface area contributed by atoms with Crippen LogP contribution in [0.15, 0.2) is 84.8 Å². The van der Waals surface area contributed by atoms with Crippen LogP contribution >= 0.6 is 11.6 Å². The van der Waals surface area contributed by atoms with Crippen molar-refractivity contribution in [1.82, 2.24) is 21.0 Å². The molecule has 4 aromatic rings. The van der Waals surface area contributed by atoms with Gasteiger partial charge in [-0.3, -0.25) is 9.99 Å². The second kappa shape index (κ2) is 11.1. The molecule has 0 amide bonds. The average molecular weight is 592 g/mol. The van der Waals surface area contributed by atoms with Gasteiger partial charge in [-0.25, -0.2) is 4.39 Å². The molecule has 2 aliphatic carbocycles. The summed E-state index contributed by atoms with van der Waals surface area (Å²) in [4.78, 5) is 4.50. The summed E-state index contributed by atoms with van der Waals surface area (Å²) in [7, 11) is 0. The normalized spacial score (nSPS) is 21.4. The van der Waals surface area contributed by atoms with Gasteiger partial charge >= 0.3 is 0 Å². The van der Waals surface area contributed by atoms with E-state index in [1.165, 1.54) is 18.3 Å². The number of benzene rings is 3. The summed E-state index contributed by atoms with van der Waals surface area (Å²) in [5.74, 6) is -0.401. The number of hydrazine groups is 2. The molecule has 0 bridgehead atoms. The number of fused-ring (bicyclic) bond motifs is 1. The quantitative estimate of drug-likeness (QED) is 0.170. The van der Waals surface area contributed by atoms with Crippen LogP contribution in [0.3, 0.4) is 0 Å². The predicted octanol–water partition coefficient (Wildman–Crippen LogP) is 6.69. The Morgan fingerprint density at radius 1 is 1.07 bits per heavy atom. The molecule has 1 aliphatic heterocycles. The fraction of sp³-hybridized carbons (Fsp3) is 0.242. The van der Waals surface area contributed by atoms with E-state index in [0.29, 0.717) is 50.2 Å². The lowest BCUT2D eigenvalue weighted by Crippen LogP contribution is -2.38. The minimum atomic E-state index is -1.56. The second-order valence-electron chi connectivity index (χ2n) is 11.1. The minimum Gasteiger partial charge on any atom is -0.376 e. The van der Waals surface area contributed by atoms with Gasteiger partial charge in [0.1, 0.15) is 11.9 Å². The third kappa shape index (κ3) is 5.41. The number of hydrogen-bond acceptors (Lipinski definition) is 8. The molecule has 1 aromatic heterocycles. The SMILES string of the molecule is [2H][C@](Nc1cc(Cl)c2ncc(C#N)c(N[C@@H](c3ccccc3)[C@H]3C[C@@H]3C#N)c2c1)(C1=CN(C2CC2)NN1)c1ccc(F)cc1. The smallest absolute Gasteiger partial charge is 0.123 e. The van der Waals surface area contributed by atoms with Gasteiger partial charge in [0.05, 0.1) is 52.9 Å². The van der Waals surface area contributed by atoms with Crippen molar-refractivity contribution in [3.05, 3.63) is 112 Å². The third-order valence-electron chi connectivity index (χ3n) is 8.14. The van der Waals surface area contributed by atoms with Gasteiger partial charge in [-0.15, -0.1) is 5.53 Å². The molecule has 2 fully saturated rings. The van der Waals surface area contributed by atoms with Gasteiger partial charge < -0.3 is 16.1 Å². The number of nitrogens with one attached hydrogen (secondary N) is 4. The van der Waals surface area contributed by atoms with Crippen molar-refractivity contribution < 1.29 is 5.76 Å². The van der Waals surface area contributed by atoms with Crippen LogP contribution in [0.4, 0.5) is 15.8 Å². The molecule has 8 nitrogen and oxygen atoms in total. The Bertz CT molecular complexity index is 1850. The summed E-state index contributed by atoms with van der Waals surface area (Å²) in [6, 6.07) is 22.4. The van der Waals surface area contributed by atoms with Gasteiger partial charge in [-0.1, -0.05) is 54.1 Å². The average Bonchev–Trinajstić information content (AvgIpc) is 3.98. The van der Waals surface area contributed by atoms with Crippen molar-refractivity contribution in [2.75, 3.05) is 10.6 Å². The summed E-state index contributed by atoms with van der Waals surface area (Å²) in [6.45, 7) is 0. The first kappa shape index (κ1) is 25.8. The van der Waals surface area contributed by atoms with Gasteiger partial charge in [0.2, 0.25) is 0 Å². The Hall–Kier alpha value is -4.83. The number of hydrogen-bond donors (Lipinski definition) is 4. The van der Waals surface area contributed by atoms with E-state index in [-0.39, 0.29) is 17.9 Å². The largest absolute Gasteiger partial charge is 0.376 e. The van der Waals surface area contributed by atoms with Gasteiger partial charge in [-0.2, -0.15) is 10.5 Å². The number of anilines is 2. The molecular weight excluding hydrogens is 563 g/mol. The Kier molecular flexibility index (Phi) is 6.68. The van der Waals surface area contributed by atoms with Crippen molar-refractivity contribution >= 4 is 33.9 Å². The van der Waals surface area contributed by atoms with Crippen molar-refractivity contribution in [2.45, 2.75) is 37.4 Å². The van der Waals surface area contributed by atoms with E-state index >= 15 is 0 Å². The Balaban J connectivity index is 1.32. The van der Waals surface area contributed by atoms with Gasteiger partial charge in [0.15, 0.2) is 0 Å². The zero-order valence-corrected chi connectivity index (χ0v) is 23.7. The highest BCUT2D eigenvalue weighted by molar-refractivity contribution is 6.35. The molecule has 0 unspecified atom stereocenters. The fourth-order valence-electron chi connectivity index (χ4n) is 5.62. The van der Waals surface area contributed by atoms with E-state index in [4.69, 9.17) is 11.6 Å². The maximum Gasteiger partial charge on any atom is 0.123 e. The summed E-state index contributed by atoms with van der Waals surface area (Å²) < 4.78 is 23.6. The van der Waals surface area contributed by atoms with E-state index in [9.17, 15) is 16.3 Å². The molecule has 0 radical (unpaired) electrons. The lowest BCUT2D eigenvalue weighted by molar-refractivity contribution is 0.260. The van der Waals surface area contributed by atoms with Crippen LogP contribution in [0.2, 0.25) is 5.02 Å². The second-order valence-corrected chi connectivity index (χ2v) is 11.5. The number of halogens is 2. The molecular formula is C33H28ClFN8. The molecule has 0 spiro atoms. The third-order valence-corrected chi connectivity index (χ3v) is 8.43. The van der Waals surface area contributed by atoms with Crippen LogP contribution in [-0.2, 0) is 0 Å². The van der Waals surface area contributed by atoms with Gasteiger partial charge in [0.25, 0.3) is 0 Å². The van der Waals surface area contributed by atoms with Crippen LogP contribution in [0.25, 0.3) is 10.9 Å². The maximum atomic E-state index is 13.9. The summed E-state index contributed by atoms with van der Waals surface area (Å²) in [5, 5.41) is 29.5. The van der Waals surface area contributed by atoms with E-state index < -0.39 is 11.8 Å². The first-order valence-electron chi connectivity index (χ1n) is 14.7. The van der Waals surface area contributed by atoms with Crippen LogP contribution in [0.5, 0.6) is 0 Å². The molecule has 10 heteroatoms. The summed E-state index contributed by atoms with van der Waals surface area (Å²) >= 11 is 6.81. The van der Waals surface area contributed by atoms with Crippen molar-refractivity contribution in [3.63, 3.8) is 0 Å². The Morgan fingerprint density at radius 3 is 2.56 bits per heavy atom. The van der Waals surface area contributed by atoms with Crippen LogP contribution in [0.1, 0.15) is 49.4 Å².